The summed E-state index contributed by atoms with van der Waals surface area (Å²) in [5.74, 6) is 1.09. The molecule has 20 heavy (non-hydrogen) atoms. The van der Waals surface area contributed by atoms with Crippen LogP contribution in [0.4, 0.5) is 0 Å². The molecule has 4 heteroatoms. The zero-order valence-electron chi connectivity index (χ0n) is 12.4. The summed E-state index contributed by atoms with van der Waals surface area (Å²) < 4.78 is 8.24. The minimum absolute atomic E-state index is 0.747. The highest BCUT2D eigenvalue weighted by Gasteiger charge is 2.37. The second kappa shape index (κ2) is 5.81. The van der Waals surface area contributed by atoms with E-state index in [4.69, 9.17) is 4.74 Å². The zero-order valence-corrected chi connectivity index (χ0v) is 14.6. The lowest BCUT2D eigenvalue weighted by Crippen LogP contribution is -2.62. The fourth-order valence-corrected chi connectivity index (χ4v) is 4.55. The fraction of sp³-hybridized carbons (Fsp3) is 0.625. The fourth-order valence-electron chi connectivity index (χ4n) is 3.78. The number of likely N-dealkylation sites (N-methyl/N-ethyl adjacent to an activating group) is 1. The quantitative estimate of drug-likeness (QED) is 0.621. The first-order valence-electron chi connectivity index (χ1n) is 7.53. The number of nitrogens with zero attached hydrogens (tertiary/aromatic N) is 1. The molecule has 1 aromatic carbocycles. The largest absolute Gasteiger partial charge is 0.496 e. The highest BCUT2D eigenvalue weighted by Crippen LogP contribution is 2.36. The topological polar surface area (TPSA) is 21.3 Å². The molecule has 1 saturated heterocycles. The van der Waals surface area contributed by atoms with Gasteiger partial charge in [-0.05, 0) is 46.7 Å². The Morgan fingerprint density at radius 2 is 2.00 bits per heavy atom. The van der Waals surface area contributed by atoms with Gasteiger partial charge in [-0.3, -0.25) is 0 Å². The molecule has 1 aromatic rings. The average Bonchev–Trinajstić information content (AvgIpc) is 2.48. The van der Waals surface area contributed by atoms with Crippen LogP contribution in [0, 0.1) is 3.57 Å². The molecule has 3 rings (SSSR count). The number of hydrogen-bond donors (Lipinski definition) is 1. The molecular weight excluding hydrogens is 363 g/mol. The van der Waals surface area contributed by atoms with Crippen LogP contribution < -0.4 is 10.1 Å². The molecule has 1 heterocycles. The van der Waals surface area contributed by atoms with E-state index >= 15 is 0 Å². The summed E-state index contributed by atoms with van der Waals surface area (Å²) >= 11 is 2.47. The van der Waals surface area contributed by atoms with Crippen molar-refractivity contribution in [3.05, 3.63) is 26.8 Å². The minimum Gasteiger partial charge on any atom is -0.496 e. The third-order valence-electron chi connectivity index (χ3n) is 5.20. The lowest BCUT2D eigenvalue weighted by atomic mass is 9.85. The number of piperazine rings is 1. The second-order valence-electron chi connectivity index (χ2n) is 6.28. The number of rotatable bonds is 2. The average molecular weight is 387 g/mol. The van der Waals surface area contributed by atoms with E-state index in [1.165, 1.54) is 51.5 Å². The zero-order chi connectivity index (χ0) is 14.2. The van der Waals surface area contributed by atoms with Gasteiger partial charge in [0.25, 0.3) is 0 Å². The highest BCUT2D eigenvalue weighted by molar-refractivity contribution is 14.1. The van der Waals surface area contributed by atoms with Crippen LogP contribution in [0.1, 0.15) is 17.5 Å². The van der Waals surface area contributed by atoms with Crippen LogP contribution in [0.25, 0.3) is 0 Å². The van der Waals surface area contributed by atoms with Gasteiger partial charge in [0.2, 0.25) is 0 Å². The van der Waals surface area contributed by atoms with E-state index in [9.17, 15) is 0 Å². The van der Waals surface area contributed by atoms with E-state index in [0.29, 0.717) is 0 Å². The Hall–Kier alpha value is -0.330. The van der Waals surface area contributed by atoms with Crippen molar-refractivity contribution in [3.63, 3.8) is 0 Å². The molecule has 2 aliphatic rings. The number of methoxy groups -OCH3 is 1. The molecule has 0 saturated carbocycles. The van der Waals surface area contributed by atoms with Crippen molar-refractivity contribution in [2.45, 2.75) is 25.3 Å². The lowest BCUT2D eigenvalue weighted by Gasteiger charge is -2.46. The second-order valence-corrected chi connectivity index (χ2v) is 7.44. The van der Waals surface area contributed by atoms with Crippen molar-refractivity contribution in [2.75, 3.05) is 40.3 Å². The molecule has 0 bridgehead atoms. The molecule has 3 nitrogen and oxygen atoms in total. The van der Waals surface area contributed by atoms with Crippen molar-refractivity contribution in [1.29, 1.82) is 0 Å². The van der Waals surface area contributed by atoms with Crippen LogP contribution in [-0.2, 0) is 12.8 Å². The molecule has 1 aliphatic carbocycles. The van der Waals surface area contributed by atoms with Crippen molar-refractivity contribution >= 4 is 22.6 Å². The summed E-state index contributed by atoms with van der Waals surface area (Å²) in [5.41, 5.74) is 3.00. The van der Waals surface area contributed by atoms with Gasteiger partial charge >= 0.3 is 0 Å². The van der Waals surface area contributed by atoms with Gasteiger partial charge in [-0.1, -0.05) is 0 Å². The van der Waals surface area contributed by atoms with E-state index in [-0.39, 0.29) is 0 Å². The van der Waals surface area contributed by atoms with Gasteiger partial charge < -0.3 is 14.5 Å². The van der Waals surface area contributed by atoms with Gasteiger partial charge in [-0.2, -0.15) is 0 Å². The molecule has 0 spiro atoms. The summed E-state index contributed by atoms with van der Waals surface area (Å²) in [7, 11) is 4.24. The minimum atomic E-state index is 0.747. The summed E-state index contributed by atoms with van der Waals surface area (Å²) in [6.45, 7) is 4.82. The predicted octanol–water partition coefficient (Wildman–Crippen LogP) is 2.21. The summed E-state index contributed by atoms with van der Waals surface area (Å²) in [6.07, 6.45) is 3.69. The van der Waals surface area contributed by atoms with Gasteiger partial charge in [0, 0.05) is 35.1 Å². The van der Waals surface area contributed by atoms with E-state index in [1.807, 2.05) is 0 Å². The Balaban J connectivity index is 1.89. The first kappa shape index (κ1) is 14.6. The molecule has 1 N–H and O–H groups in total. The van der Waals surface area contributed by atoms with Gasteiger partial charge in [-0.25, -0.2) is 0 Å². The van der Waals surface area contributed by atoms with Crippen LogP contribution >= 0.6 is 22.6 Å². The number of quaternary nitrogens is 1. The lowest BCUT2D eigenvalue weighted by molar-refractivity contribution is -0.935. The third-order valence-corrected chi connectivity index (χ3v) is 6.21. The van der Waals surface area contributed by atoms with E-state index in [2.05, 4.69) is 47.1 Å². The third kappa shape index (κ3) is 2.57. The Morgan fingerprint density at radius 3 is 2.70 bits per heavy atom. The van der Waals surface area contributed by atoms with E-state index < -0.39 is 0 Å². The van der Waals surface area contributed by atoms with Crippen LogP contribution in [0.2, 0.25) is 0 Å². The van der Waals surface area contributed by atoms with E-state index in [1.54, 1.807) is 7.11 Å². The van der Waals surface area contributed by atoms with Crippen molar-refractivity contribution in [3.8, 4) is 5.75 Å². The Morgan fingerprint density at radius 1 is 1.25 bits per heavy atom. The first-order valence-corrected chi connectivity index (χ1v) is 8.61. The van der Waals surface area contributed by atoms with Gasteiger partial charge in [0.05, 0.1) is 33.3 Å². The molecule has 1 aliphatic heterocycles. The normalized spacial score (nSPS) is 25.1. The standard InChI is InChI=1S/C16H24IN2O/c1-19(9-7-18-8-10-19)12-3-4-13-14(11-12)16(20-2)6-5-15(13)17/h5-6,12,18H,3-4,7-11H2,1-2H3/q+1. The first-order chi connectivity index (χ1) is 9.64. The van der Waals surface area contributed by atoms with Crippen LogP contribution in [-0.4, -0.2) is 50.9 Å². The maximum atomic E-state index is 5.61. The molecule has 0 radical (unpaired) electrons. The number of hydrogen-bond acceptors (Lipinski definition) is 2. The highest BCUT2D eigenvalue weighted by atomic mass is 127. The summed E-state index contributed by atoms with van der Waals surface area (Å²) in [5, 5.41) is 3.49. The number of benzene rings is 1. The summed E-state index contributed by atoms with van der Waals surface area (Å²) in [4.78, 5) is 0. The Kier molecular flexibility index (Phi) is 4.24. The monoisotopic (exact) mass is 387 g/mol. The molecule has 0 amide bonds. The molecule has 0 aromatic heterocycles. The molecule has 1 unspecified atom stereocenters. The predicted molar refractivity (Wildman–Crippen MR) is 90.3 cm³/mol. The smallest absolute Gasteiger partial charge is 0.122 e. The van der Waals surface area contributed by atoms with Gasteiger partial charge in [-0.15, -0.1) is 0 Å². The SMILES string of the molecule is COc1ccc(I)c2c1CC([N+]1(C)CCNCC1)CC2. The number of ether oxygens (including phenoxy) is 1. The number of nitrogens with one attached hydrogen (secondary N) is 1. The molecular formula is C16H24IN2O+. The van der Waals surface area contributed by atoms with Crippen molar-refractivity contribution in [1.82, 2.24) is 5.32 Å². The maximum absolute atomic E-state index is 5.61. The van der Waals surface area contributed by atoms with Gasteiger partial charge in [0.1, 0.15) is 5.75 Å². The van der Waals surface area contributed by atoms with Crippen LogP contribution in [0.15, 0.2) is 12.1 Å². The van der Waals surface area contributed by atoms with Gasteiger partial charge in [0.15, 0.2) is 0 Å². The molecule has 1 atom stereocenters. The van der Waals surface area contributed by atoms with Crippen molar-refractivity contribution in [2.24, 2.45) is 0 Å². The van der Waals surface area contributed by atoms with Crippen LogP contribution in [0.5, 0.6) is 5.75 Å². The molecule has 110 valence electrons. The summed E-state index contributed by atoms with van der Waals surface area (Å²) in [6, 6.07) is 5.08. The van der Waals surface area contributed by atoms with Crippen molar-refractivity contribution < 1.29 is 9.22 Å². The van der Waals surface area contributed by atoms with E-state index in [0.717, 1.165) is 24.9 Å². The number of halogens is 1. The number of fused-ring (bicyclic) bond motifs is 1. The Bertz CT molecular complexity index is 497. The maximum Gasteiger partial charge on any atom is 0.122 e. The Labute approximate surface area is 135 Å². The van der Waals surface area contributed by atoms with Crippen LogP contribution in [0.3, 0.4) is 0 Å². The molecule has 1 fully saturated rings.